The zero-order valence-electron chi connectivity index (χ0n) is 11.7. The van der Waals surface area contributed by atoms with Crippen molar-refractivity contribution < 1.29 is 0 Å². The maximum absolute atomic E-state index is 4.54. The van der Waals surface area contributed by atoms with Gasteiger partial charge in [0.2, 0.25) is 5.95 Å². The Hall–Kier alpha value is -1.16. The van der Waals surface area contributed by atoms with Gasteiger partial charge in [-0.15, -0.1) is 0 Å². The van der Waals surface area contributed by atoms with Crippen molar-refractivity contribution in [1.29, 1.82) is 0 Å². The Kier molecular flexibility index (Phi) is 4.53. The van der Waals surface area contributed by atoms with Crippen molar-refractivity contribution in [3.05, 3.63) is 17.5 Å². The maximum atomic E-state index is 4.54. The van der Waals surface area contributed by atoms with Crippen LogP contribution in [0.3, 0.4) is 0 Å². The normalized spacial score (nSPS) is 17.2. The highest BCUT2D eigenvalue weighted by molar-refractivity contribution is 5.32. The van der Waals surface area contributed by atoms with Crippen LogP contribution in [0.5, 0.6) is 0 Å². The van der Waals surface area contributed by atoms with Crippen molar-refractivity contribution in [2.24, 2.45) is 5.92 Å². The number of nitrogens with zero attached hydrogens (tertiary/aromatic N) is 3. The predicted molar refractivity (Wildman–Crippen MR) is 75.0 cm³/mol. The molecule has 1 aromatic heterocycles. The van der Waals surface area contributed by atoms with E-state index in [0.29, 0.717) is 0 Å². The van der Waals surface area contributed by atoms with Crippen LogP contribution in [0.2, 0.25) is 0 Å². The minimum Gasteiger partial charge on any atom is -0.341 e. The van der Waals surface area contributed by atoms with Crippen molar-refractivity contribution in [2.45, 2.75) is 33.6 Å². The summed E-state index contributed by atoms with van der Waals surface area (Å²) < 4.78 is 0. The number of aromatic nitrogens is 2. The lowest BCUT2D eigenvalue weighted by Gasteiger charge is -2.32. The molecule has 0 aliphatic carbocycles. The average Bonchev–Trinajstić information content (AvgIpc) is 2.36. The van der Waals surface area contributed by atoms with Crippen LogP contribution in [0.4, 0.5) is 5.95 Å². The number of rotatable bonds is 4. The van der Waals surface area contributed by atoms with Gasteiger partial charge in [-0.25, -0.2) is 9.97 Å². The summed E-state index contributed by atoms with van der Waals surface area (Å²) in [7, 11) is 0. The standard InChI is InChI=1S/C14H24N4/c1-4-15-10-13-5-7-18(8-6-13)14-16-11(2)9-12(3)17-14/h9,13,15H,4-8,10H2,1-3H3. The van der Waals surface area contributed by atoms with Crippen LogP contribution >= 0.6 is 0 Å². The second-order valence-electron chi connectivity index (χ2n) is 5.19. The van der Waals surface area contributed by atoms with Gasteiger partial charge in [-0.1, -0.05) is 6.92 Å². The lowest BCUT2D eigenvalue weighted by Crippen LogP contribution is -2.38. The second kappa shape index (κ2) is 6.14. The summed E-state index contributed by atoms with van der Waals surface area (Å²) in [5.41, 5.74) is 2.12. The van der Waals surface area contributed by atoms with E-state index < -0.39 is 0 Å². The third-order valence-corrected chi connectivity index (χ3v) is 3.55. The van der Waals surface area contributed by atoms with Gasteiger partial charge in [0.15, 0.2) is 0 Å². The van der Waals surface area contributed by atoms with Gasteiger partial charge in [0.1, 0.15) is 0 Å². The first-order valence-corrected chi connectivity index (χ1v) is 6.97. The fourth-order valence-electron chi connectivity index (χ4n) is 2.53. The molecule has 0 radical (unpaired) electrons. The summed E-state index contributed by atoms with van der Waals surface area (Å²) in [6.45, 7) is 10.6. The first-order valence-electron chi connectivity index (χ1n) is 6.97. The van der Waals surface area contributed by atoms with E-state index in [4.69, 9.17) is 0 Å². The third kappa shape index (κ3) is 3.42. The molecule has 0 aromatic carbocycles. The number of aryl methyl sites for hydroxylation is 2. The Balaban J connectivity index is 1.92. The highest BCUT2D eigenvalue weighted by Crippen LogP contribution is 2.20. The topological polar surface area (TPSA) is 41.0 Å². The smallest absolute Gasteiger partial charge is 0.225 e. The van der Waals surface area contributed by atoms with E-state index in [1.807, 2.05) is 19.9 Å². The number of hydrogen-bond donors (Lipinski definition) is 1. The van der Waals surface area contributed by atoms with Gasteiger partial charge in [0.05, 0.1) is 0 Å². The van der Waals surface area contributed by atoms with Gasteiger partial charge < -0.3 is 10.2 Å². The number of nitrogens with one attached hydrogen (secondary N) is 1. The molecule has 1 aliphatic rings. The lowest BCUT2D eigenvalue weighted by atomic mass is 9.97. The molecule has 100 valence electrons. The number of anilines is 1. The van der Waals surface area contributed by atoms with Gasteiger partial charge in [-0.05, 0) is 51.8 Å². The number of hydrogen-bond acceptors (Lipinski definition) is 4. The molecule has 4 heteroatoms. The fraction of sp³-hybridized carbons (Fsp3) is 0.714. The summed E-state index contributed by atoms with van der Waals surface area (Å²) in [6, 6.07) is 2.03. The minimum absolute atomic E-state index is 0.812. The Labute approximate surface area is 110 Å². The van der Waals surface area contributed by atoms with Crippen LogP contribution in [0.25, 0.3) is 0 Å². The maximum Gasteiger partial charge on any atom is 0.225 e. The first kappa shape index (κ1) is 13.3. The van der Waals surface area contributed by atoms with E-state index in [9.17, 15) is 0 Å². The van der Waals surface area contributed by atoms with E-state index in [-0.39, 0.29) is 0 Å². The highest BCUT2D eigenvalue weighted by Gasteiger charge is 2.20. The van der Waals surface area contributed by atoms with E-state index >= 15 is 0 Å². The van der Waals surface area contributed by atoms with Gasteiger partial charge in [0, 0.05) is 24.5 Å². The summed E-state index contributed by atoms with van der Waals surface area (Å²) in [5, 5.41) is 3.44. The SMILES string of the molecule is CCNCC1CCN(c2nc(C)cc(C)n2)CC1. The molecule has 1 aliphatic heterocycles. The molecular weight excluding hydrogens is 224 g/mol. The van der Waals surface area contributed by atoms with E-state index in [1.54, 1.807) is 0 Å². The van der Waals surface area contributed by atoms with Gasteiger partial charge >= 0.3 is 0 Å². The molecule has 18 heavy (non-hydrogen) atoms. The van der Waals surface area contributed by atoms with Crippen LogP contribution in [0.1, 0.15) is 31.2 Å². The molecule has 0 spiro atoms. The highest BCUT2D eigenvalue weighted by atomic mass is 15.3. The third-order valence-electron chi connectivity index (χ3n) is 3.55. The van der Waals surface area contributed by atoms with Gasteiger partial charge in [-0.2, -0.15) is 0 Å². The summed E-state index contributed by atoms with van der Waals surface area (Å²) in [6.07, 6.45) is 2.48. The van der Waals surface area contributed by atoms with Crippen LogP contribution in [0.15, 0.2) is 6.07 Å². The Morgan fingerprint density at radius 3 is 2.39 bits per heavy atom. The molecule has 0 atom stereocenters. The molecule has 1 saturated heterocycles. The molecular formula is C14H24N4. The zero-order chi connectivity index (χ0) is 13.0. The Bertz CT molecular complexity index is 363. The van der Waals surface area contributed by atoms with Crippen molar-refractivity contribution in [2.75, 3.05) is 31.1 Å². The van der Waals surface area contributed by atoms with Crippen molar-refractivity contribution in [3.8, 4) is 0 Å². The van der Waals surface area contributed by atoms with Crippen LogP contribution in [0, 0.1) is 19.8 Å². The Morgan fingerprint density at radius 2 is 1.83 bits per heavy atom. The minimum atomic E-state index is 0.812. The predicted octanol–water partition coefficient (Wildman–Crippen LogP) is 1.92. The first-order chi connectivity index (χ1) is 8.69. The largest absolute Gasteiger partial charge is 0.341 e. The van der Waals surface area contributed by atoms with Gasteiger partial charge in [-0.3, -0.25) is 0 Å². The molecule has 2 heterocycles. The van der Waals surface area contributed by atoms with Crippen molar-refractivity contribution in [1.82, 2.24) is 15.3 Å². The molecule has 0 amide bonds. The van der Waals surface area contributed by atoms with E-state index in [2.05, 4.69) is 27.1 Å². The molecule has 1 aromatic rings. The van der Waals surface area contributed by atoms with Crippen LogP contribution < -0.4 is 10.2 Å². The molecule has 4 nitrogen and oxygen atoms in total. The quantitative estimate of drug-likeness (QED) is 0.884. The molecule has 1 N–H and O–H groups in total. The lowest BCUT2D eigenvalue weighted by molar-refractivity contribution is 0.384. The van der Waals surface area contributed by atoms with Crippen LogP contribution in [-0.4, -0.2) is 36.1 Å². The molecule has 0 bridgehead atoms. The van der Waals surface area contributed by atoms with Gasteiger partial charge in [0.25, 0.3) is 0 Å². The van der Waals surface area contributed by atoms with Crippen molar-refractivity contribution >= 4 is 5.95 Å². The zero-order valence-corrected chi connectivity index (χ0v) is 11.7. The van der Waals surface area contributed by atoms with Crippen molar-refractivity contribution in [3.63, 3.8) is 0 Å². The second-order valence-corrected chi connectivity index (χ2v) is 5.19. The molecule has 2 rings (SSSR count). The summed E-state index contributed by atoms with van der Waals surface area (Å²) in [4.78, 5) is 11.4. The van der Waals surface area contributed by atoms with E-state index in [0.717, 1.165) is 49.4 Å². The van der Waals surface area contributed by atoms with E-state index in [1.165, 1.54) is 12.8 Å². The van der Waals surface area contributed by atoms with Crippen LogP contribution in [-0.2, 0) is 0 Å². The fourth-order valence-corrected chi connectivity index (χ4v) is 2.53. The summed E-state index contributed by atoms with van der Waals surface area (Å²) >= 11 is 0. The summed E-state index contributed by atoms with van der Waals surface area (Å²) in [5.74, 6) is 1.72. The molecule has 1 fully saturated rings. The monoisotopic (exact) mass is 248 g/mol. The average molecular weight is 248 g/mol. The molecule has 0 unspecified atom stereocenters. The number of piperidine rings is 1. The molecule has 0 saturated carbocycles. The Morgan fingerprint density at radius 1 is 1.22 bits per heavy atom.